The number of alkyl halides is 3. The van der Waals surface area contributed by atoms with Crippen LogP contribution in [-0.2, 0) is 4.79 Å². The predicted octanol–water partition coefficient (Wildman–Crippen LogP) is 4.08. The van der Waals surface area contributed by atoms with E-state index < -0.39 is 12.1 Å². The van der Waals surface area contributed by atoms with E-state index in [-0.39, 0.29) is 5.69 Å². The van der Waals surface area contributed by atoms with Crippen LogP contribution in [0.1, 0.15) is 19.4 Å². The van der Waals surface area contributed by atoms with E-state index in [1.807, 2.05) is 29.6 Å². The highest BCUT2D eigenvalue weighted by Crippen LogP contribution is 2.25. The zero-order chi connectivity index (χ0) is 20.5. The fourth-order valence-electron chi connectivity index (χ4n) is 2.90. The number of rotatable bonds is 5. The highest BCUT2D eigenvalue weighted by Gasteiger charge is 2.38. The smallest absolute Gasteiger partial charge is 0.372 e. The van der Waals surface area contributed by atoms with E-state index in [0.717, 1.165) is 24.5 Å². The van der Waals surface area contributed by atoms with E-state index in [1.165, 1.54) is 10.9 Å². The molecule has 6 nitrogen and oxygen atoms in total. The molecule has 0 fully saturated rings. The van der Waals surface area contributed by atoms with Gasteiger partial charge in [0.05, 0.1) is 5.69 Å². The van der Waals surface area contributed by atoms with Crippen molar-refractivity contribution in [3.8, 4) is 5.69 Å². The Labute approximate surface area is 159 Å². The number of hydrogen-bond acceptors (Lipinski definition) is 4. The van der Waals surface area contributed by atoms with Crippen LogP contribution in [0, 0.1) is 6.92 Å². The minimum Gasteiger partial charge on any atom is -0.372 e. The second kappa shape index (κ2) is 7.49. The molecule has 3 rings (SSSR count). The van der Waals surface area contributed by atoms with Gasteiger partial charge in [-0.1, -0.05) is 0 Å². The first-order valence-corrected chi connectivity index (χ1v) is 8.84. The average molecular weight is 391 g/mol. The summed E-state index contributed by atoms with van der Waals surface area (Å²) in [6, 6.07) is 10.7. The largest absolute Gasteiger partial charge is 0.471 e. The van der Waals surface area contributed by atoms with Crippen LogP contribution in [0.25, 0.3) is 16.7 Å². The molecule has 1 aromatic heterocycles. The van der Waals surface area contributed by atoms with Crippen LogP contribution in [0.5, 0.6) is 0 Å². The van der Waals surface area contributed by atoms with Crippen molar-refractivity contribution >= 4 is 28.3 Å². The number of fused-ring (bicyclic) bond motifs is 1. The van der Waals surface area contributed by atoms with Crippen LogP contribution in [0.15, 0.2) is 36.4 Å². The summed E-state index contributed by atoms with van der Waals surface area (Å²) in [5, 5.41) is 10.6. The molecule has 0 spiro atoms. The molecule has 2 aromatic carbocycles. The molecule has 0 bridgehead atoms. The number of aryl methyl sites for hydroxylation is 1. The third kappa shape index (κ3) is 3.92. The Balaban J connectivity index is 1.91. The number of amides is 1. The standard InChI is InChI=1S/C19H20F3N5O/c1-4-26(5-2)13-6-8-14(9-7-13)27-24-16-10-12(3)15(11-17(16)25-27)23-18(28)19(20,21)22/h6-11H,4-5H2,1-3H3,(H,23,28). The second-order valence-corrected chi connectivity index (χ2v) is 6.29. The summed E-state index contributed by atoms with van der Waals surface area (Å²) < 4.78 is 37.5. The van der Waals surface area contributed by atoms with Gasteiger partial charge in [-0.3, -0.25) is 4.79 Å². The molecule has 0 aliphatic rings. The minimum atomic E-state index is -4.95. The number of carbonyl (C=O) groups is 1. The Hall–Kier alpha value is -3.10. The maximum atomic E-state index is 12.5. The summed E-state index contributed by atoms with van der Waals surface area (Å²) in [5.41, 5.74) is 3.24. The van der Waals surface area contributed by atoms with Crippen molar-refractivity contribution in [2.75, 3.05) is 23.3 Å². The van der Waals surface area contributed by atoms with Crippen LogP contribution < -0.4 is 10.2 Å². The lowest BCUT2D eigenvalue weighted by Gasteiger charge is -2.20. The van der Waals surface area contributed by atoms with Gasteiger partial charge < -0.3 is 10.2 Å². The molecule has 9 heteroatoms. The van der Waals surface area contributed by atoms with Gasteiger partial charge in [0.1, 0.15) is 11.0 Å². The van der Waals surface area contributed by atoms with Gasteiger partial charge >= 0.3 is 12.1 Å². The molecular weight excluding hydrogens is 371 g/mol. The summed E-state index contributed by atoms with van der Waals surface area (Å²) in [5.74, 6) is -2.02. The van der Waals surface area contributed by atoms with Gasteiger partial charge in [-0.2, -0.15) is 18.0 Å². The number of anilines is 2. The molecule has 3 aromatic rings. The lowest BCUT2D eigenvalue weighted by atomic mass is 10.1. The van der Waals surface area contributed by atoms with Crippen molar-refractivity contribution < 1.29 is 18.0 Å². The summed E-state index contributed by atoms with van der Waals surface area (Å²) in [6.45, 7) is 7.55. The number of benzene rings is 2. The Kier molecular flexibility index (Phi) is 5.26. The molecule has 1 N–H and O–H groups in total. The zero-order valence-electron chi connectivity index (χ0n) is 15.7. The Morgan fingerprint density at radius 1 is 1.07 bits per heavy atom. The van der Waals surface area contributed by atoms with Gasteiger partial charge in [-0.05, 0) is 62.7 Å². The molecule has 28 heavy (non-hydrogen) atoms. The third-order valence-electron chi connectivity index (χ3n) is 4.44. The first kappa shape index (κ1) is 19.7. The van der Waals surface area contributed by atoms with Gasteiger partial charge in [-0.25, -0.2) is 0 Å². The number of nitrogens with zero attached hydrogens (tertiary/aromatic N) is 4. The van der Waals surface area contributed by atoms with Crippen molar-refractivity contribution in [3.05, 3.63) is 42.0 Å². The van der Waals surface area contributed by atoms with E-state index in [1.54, 1.807) is 13.0 Å². The molecule has 0 radical (unpaired) electrons. The maximum Gasteiger partial charge on any atom is 0.471 e. The molecule has 0 unspecified atom stereocenters. The fraction of sp³-hybridized carbons (Fsp3) is 0.316. The molecule has 0 aliphatic heterocycles. The lowest BCUT2D eigenvalue weighted by Crippen LogP contribution is -2.30. The maximum absolute atomic E-state index is 12.5. The van der Waals surface area contributed by atoms with E-state index >= 15 is 0 Å². The number of aromatic nitrogens is 3. The molecule has 0 saturated carbocycles. The fourth-order valence-corrected chi connectivity index (χ4v) is 2.90. The highest BCUT2D eigenvalue weighted by molar-refractivity contribution is 5.97. The van der Waals surface area contributed by atoms with Crippen LogP contribution in [0.3, 0.4) is 0 Å². The van der Waals surface area contributed by atoms with Crippen molar-refractivity contribution in [1.29, 1.82) is 0 Å². The van der Waals surface area contributed by atoms with E-state index in [0.29, 0.717) is 16.6 Å². The zero-order valence-corrected chi connectivity index (χ0v) is 15.7. The van der Waals surface area contributed by atoms with Crippen LogP contribution in [-0.4, -0.2) is 40.2 Å². The number of halogens is 3. The molecule has 0 atom stereocenters. The van der Waals surface area contributed by atoms with Crippen molar-refractivity contribution in [2.24, 2.45) is 0 Å². The van der Waals surface area contributed by atoms with Gasteiger partial charge in [0.25, 0.3) is 0 Å². The van der Waals surface area contributed by atoms with Gasteiger partial charge in [0.2, 0.25) is 0 Å². The number of hydrogen-bond donors (Lipinski definition) is 1. The van der Waals surface area contributed by atoms with Crippen LogP contribution in [0.2, 0.25) is 0 Å². The topological polar surface area (TPSA) is 63.1 Å². The molecular formula is C19H20F3N5O. The molecule has 0 aliphatic carbocycles. The third-order valence-corrected chi connectivity index (χ3v) is 4.44. The van der Waals surface area contributed by atoms with Crippen molar-refractivity contribution in [3.63, 3.8) is 0 Å². The predicted molar refractivity (Wildman–Crippen MR) is 102 cm³/mol. The summed E-state index contributed by atoms with van der Waals surface area (Å²) in [4.78, 5) is 14.8. The molecule has 0 saturated heterocycles. The molecule has 1 amide bonds. The summed E-state index contributed by atoms with van der Waals surface area (Å²) in [7, 11) is 0. The lowest BCUT2D eigenvalue weighted by molar-refractivity contribution is -0.167. The molecule has 148 valence electrons. The SMILES string of the molecule is CCN(CC)c1ccc(-n2nc3cc(C)c(NC(=O)C(F)(F)F)cc3n2)cc1. The summed E-state index contributed by atoms with van der Waals surface area (Å²) in [6.07, 6.45) is -4.95. The van der Waals surface area contributed by atoms with Crippen LogP contribution in [0.4, 0.5) is 24.5 Å². The average Bonchev–Trinajstić information content (AvgIpc) is 3.05. The van der Waals surface area contributed by atoms with Crippen LogP contribution >= 0.6 is 0 Å². The van der Waals surface area contributed by atoms with Crippen molar-refractivity contribution in [1.82, 2.24) is 15.0 Å². The van der Waals surface area contributed by atoms with Gasteiger partial charge in [0.15, 0.2) is 0 Å². The minimum absolute atomic E-state index is 0.0544. The molecule has 1 heterocycles. The Morgan fingerprint density at radius 3 is 2.18 bits per heavy atom. The van der Waals surface area contributed by atoms with Gasteiger partial charge in [-0.15, -0.1) is 10.2 Å². The number of carbonyl (C=O) groups excluding carboxylic acids is 1. The van der Waals surface area contributed by atoms with Crippen molar-refractivity contribution in [2.45, 2.75) is 26.9 Å². The quantitative estimate of drug-likeness (QED) is 0.712. The van der Waals surface area contributed by atoms with E-state index in [4.69, 9.17) is 0 Å². The normalized spacial score (nSPS) is 11.6. The summed E-state index contributed by atoms with van der Waals surface area (Å²) >= 11 is 0. The highest BCUT2D eigenvalue weighted by atomic mass is 19.4. The van der Waals surface area contributed by atoms with Gasteiger partial charge in [0, 0.05) is 24.5 Å². The Morgan fingerprint density at radius 2 is 1.64 bits per heavy atom. The van der Waals surface area contributed by atoms with E-state index in [9.17, 15) is 18.0 Å². The first-order chi connectivity index (χ1) is 13.2. The Bertz CT molecular complexity index is 991. The second-order valence-electron chi connectivity index (χ2n) is 6.29. The van der Waals surface area contributed by atoms with E-state index in [2.05, 4.69) is 28.9 Å². The number of nitrogens with one attached hydrogen (secondary N) is 1. The monoisotopic (exact) mass is 391 g/mol. The first-order valence-electron chi connectivity index (χ1n) is 8.84.